The molecule has 0 unspecified atom stereocenters. The van der Waals surface area contributed by atoms with Crippen molar-refractivity contribution in [3.05, 3.63) is 33.8 Å². The summed E-state index contributed by atoms with van der Waals surface area (Å²) in [5, 5.41) is 3.46. The number of rotatable bonds is 8. The predicted octanol–water partition coefficient (Wildman–Crippen LogP) is 4.90. The Kier molecular flexibility index (Phi) is 7.21. The van der Waals surface area contributed by atoms with E-state index in [-0.39, 0.29) is 5.60 Å². The van der Waals surface area contributed by atoms with E-state index in [1.54, 1.807) is 0 Å². The lowest BCUT2D eigenvalue weighted by Crippen LogP contribution is -2.22. The van der Waals surface area contributed by atoms with Gasteiger partial charge in [-0.1, -0.05) is 48.8 Å². The molecule has 0 radical (unpaired) electrons. The molecule has 0 amide bonds. The van der Waals surface area contributed by atoms with E-state index in [9.17, 15) is 0 Å². The number of hydrogen-bond donors (Lipinski definition) is 1. The maximum Gasteiger partial charge on any atom is 0.0735 e. The first-order chi connectivity index (χ1) is 9.34. The lowest BCUT2D eigenvalue weighted by atomic mass is 10.1. The molecule has 114 valence electrons. The first-order valence-electron chi connectivity index (χ1n) is 7.46. The van der Waals surface area contributed by atoms with Crippen LogP contribution in [0.5, 0.6) is 0 Å². The van der Waals surface area contributed by atoms with Gasteiger partial charge in [0.1, 0.15) is 0 Å². The lowest BCUT2D eigenvalue weighted by molar-refractivity contribution is -0.0318. The quantitative estimate of drug-likeness (QED) is 0.725. The molecule has 0 saturated carbocycles. The molecule has 3 heteroatoms. The molecule has 1 aromatic carbocycles. The summed E-state index contributed by atoms with van der Waals surface area (Å²) >= 11 is 3.65. The number of halogens is 1. The van der Waals surface area contributed by atoms with E-state index in [0.717, 1.165) is 24.0 Å². The van der Waals surface area contributed by atoms with Gasteiger partial charge in [0.25, 0.3) is 0 Å². The van der Waals surface area contributed by atoms with Crippen LogP contribution in [-0.2, 0) is 17.9 Å². The van der Waals surface area contributed by atoms with Gasteiger partial charge in [0.15, 0.2) is 0 Å². The Labute approximate surface area is 132 Å². The molecule has 0 spiro atoms. The topological polar surface area (TPSA) is 21.3 Å². The average molecular weight is 342 g/mol. The van der Waals surface area contributed by atoms with Crippen molar-refractivity contribution < 1.29 is 4.74 Å². The van der Waals surface area contributed by atoms with Crippen LogP contribution in [0.15, 0.2) is 22.7 Å². The van der Waals surface area contributed by atoms with Crippen LogP contribution in [0.25, 0.3) is 0 Å². The monoisotopic (exact) mass is 341 g/mol. The molecule has 0 atom stereocenters. The summed E-state index contributed by atoms with van der Waals surface area (Å²) < 4.78 is 7.09. The maximum absolute atomic E-state index is 5.95. The number of hydrogen-bond acceptors (Lipinski definition) is 2. The second-order valence-electron chi connectivity index (χ2n) is 6.35. The Morgan fingerprint density at radius 1 is 1.30 bits per heavy atom. The van der Waals surface area contributed by atoms with Crippen LogP contribution in [0.3, 0.4) is 0 Å². The summed E-state index contributed by atoms with van der Waals surface area (Å²) in [4.78, 5) is 0. The van der Waals surface area contributed by atoms with Crippen LogP contribution >= 0.6 is 15.9 Å². The molecule has 20 heavy (non-hydrogen) atoms. The summed E-state index contributed by atoms with van der Waals surface area (Å²) in [7, 11) is 0. The molecule has 0 saturated heterocycles. The number of nitrogens with one attached hydrogen (secondary N) is 1. The Bertz CT molecular complexity index is 415. The standard InChI is InChI=1S/C17H28BrNO/c1-6-17(4,5)20-12-15-8-7-14(9-16(15)18)11-19-10-13(2)3/h7-9,13,19H,6,10-12H2,1-5H3. The summed E-state index contributed by atoms with van der Waals surface area (Å²) in [5.74, 6) is 0.683. The highest BCUT2D eigenvalue weighted by molar-refractivity contribution is 9.10. The summed E-state index contributed by atoms with van der Waals surface area (Å²) in [6.45, 7) is 13.5. The Morgan fingerprint density at radius 2 is 2.00 bits per heavy atom. The van der Waals surface area contributed by atoms with Gasteiger partial charge in [-0.3, -0.25) is 0 Å². The molecule has 0 fully saturated rings. The van der Waals surface area contributed by atoms with Gasteiger partial charge in [0, 0.05) is 11.0 Å². The molecule has 0 aliphatic carbocycles. The molecule has 1 aromatic rings. The van der Waals surface area contributed by atoms with E-state index in [1.807, 2.05) is 0 Å². The van der Waals surface area contributed by atoms with E-state index in [0.29, 0.717) is 12.5 Å². The fraction of sp³-hybridized carbons (Fsp3) is 0.647. The predicted molar refractivity (Wildman–Crippen MR) is 89.8 cm³/mol. The molecule has 2 nitrogen and oxygen atoms in total. The highest BCUT2D eigenvalue weighted by Crippen LogP contribution is 2.23. The van der Waals surface area contributed by atoms with Gasteiger partial charge < -0.3 is 10.1 Å². The molecular weight excluding hydrogens is 314 g/mol. The van der Waals surface area contributed by atoms with Crippen LogP contribution in [0.4, 0.5) is 0 Å². The fourth-order valence-electron chi connectivity index (χ4n) is 1.70. The van der Waals surface area contributed by atoms with E-state index in [1.165, 1.54) is 11.1 Å². The lowest BCUT2D eigenvalue weighted by Gasteiger charge is -2.24. The van der Waals surface area contributed by atoms with Crippen LogP contribution in [0, 0.1) is 5.92 Å². The summed E-state index contributed by atoms with van der Waals surface area (Å²) in [5.41, 5.74) is 2.45. The van der Waals surface area contributed by atoms with Gasteiger partial charge in [-0.2, -0.15) is 0 Å². The number of benzene rings is 1. The normalized spacial score (nSPS) is 12.2. The average Bonchev–Trinajstić information content (AvgIpc) is 2.37. The van der Waals surface area contributed by atoms with Gasteiger partial charge in [-0.15, -0.1) is 0 Å². The second-order valence-corrected chi connectivity index (χ2v) is 7.21. The molecular formula is C17H28BrNO. The van der Waals surface area contributed by atoms with Crippen LogP contribution in [-0.4, -0.2) is 12.1 Å². The van der Waals surface area contributed by atoms with Crippen LogP contribution < -0.4 is 5.32 Å². The van der Waals surface area contributed by atoms with Gasteiger partial charge in [-0.25, -0.2) is 0 Å². The van der Waals surface area contributed by atoms with Gasteiger partial charge >= 0.3 is 0 Å². The van der Waals surface area contributed by atoms with Crippen molar-refractivity contribution >= 4 is 15.9 Å². The highest BCUT2D eigenvalue weighted by atomic mass is 79.9. The molecule has 1 N–H and O–H groups in total. The third kappa shape index (κ3) is 6.38. The van der Waals surface area contributed by atoms with E-state index < -0.39 is 0 Å². The van der Waals surface area contributed by atoms with E-state index in [2.05, 4.69) is 74.1 Å². The Morgan fingerprint density at radius 3 is 2.55 bits per heavy atom. The van der Waals surface area contributed by atoms with Crippen molar-refractivity contribution in [3.63, 3.8) is 0 Å². The SMILES string of the molecule is CCC(C)(C)OCc1ccc(CNCC(C)C)cc1Br. The van der Waals surface area contributed by atoms with Crippen molar-refractivity contribution in [3.8, 4) is 0 Å². The zero-order chi connectivity index (χ0) is 15.2. The second kappa shape index (κ2) is 8.16. The van der Waals surface area contributed by atoms with E-state index >= 15 is 0 Å². The molecule has 0 aliphatic rings. The first-order valence-corrected chi connectivity index (χ1v) is 8.25. The molecule has 0 heterocycles. The minimum atomic E-state index is -0.0586. The fourth-order valence-corrected chi connectivity index (χ4v) is 2.24. The van der Waals surface area contributed by atoms with Gasteiger partial charge in [0.05, 0.1) is 12.2 Å². The zero-order valence-corrected chi connectivity index (χ0v) is 15.0. The van der Waals surface area contributed by atoms with Crippen molar-refractivity contribution in [2.75, 3.05) is 6.54 Å². The smallest absolute Gasteiger partial charge is 0.0735 e. The summed E-state index contributed by atoms with van der Waals surface area (Å²) in [6, 6.07) is 6.52. The van der Waals surface area contributed by atoms with Crippen molar-refractivity contribution in [2.24, 2.45) is 5.92 Å². The van der Waals surface area contributed by atoms with Gasteiger partial charge in [0.2, 0.25) is 0 Å². The molecule has 0 aromatic heterocycles. The van der Waals surface area contributed by atoms with Gasteiger partial charge in [-0.05, 0) is 49.9 Å². The van der Waals surface area contributed by atoms with Crippen molar-refractivity contribution in [2.45, 2.75) is 59.8 Å². The molecule has 0 bridgehead atoms. The van der Waals surface area contributed by atoms with Crippen molar-refractivity contribution in [1.82, 2.24) is 5.32 Å². The van der Waals surface area contributed by atoms with Crippen molar-refractivity contribution in [1.29, 1.82) is 0 Å². The van der Waals surface area contributed by atoms with Crippen LogP contribution in [0.1, 0.15) is 52.2 Å². The third-order valence-electron chi connectivity index (χ3n) is 3.47. The minimum Gasteiger partial charge on any atom is -0.371 e. The first kappa shape index (κ1) is 17.7. The van der Waals surface area contributed by atoms with E-state index in [4.69, 9.17) is 4.74 Å². The third-order valence-corrected chi connectivity index (χ3v) is 4.21. The molecule has 1 rings (SSSR count). The Hall–Kier alpha value is -0.380. The largest absolute Gasteiger partial charge is 0.371 e. The highest BCUT2D eigenvalue weighted by Gasteiger charge is 2.15. The molecule has 0 aliphatic heterocycles. The van der Waals surface area contributed by atoms with Crippen LogP contribution in [0.2, 0.25) is 0 Å². The number of ether oxygens (including phenoxy) is 1. The maximum atomic E-state index is 5.95. The zero-order valence-electron chi connectivity index (χ0n) is 13.4. The Balaban J connectivity index is 2.55. The minimum absolute atomic E-state index is 0.0586. The summed E-state index contributed by atoms with van der Waals surface area (Å²) in [6.07, 6.45) is 1.02.